The highest BCUT2D eigenvalue weighted by atomic mass is 32.1. The first-order valence-corrected chi connectivity index (χ1v) is 7.56. The normalized spacial score (nSPS) is 18.4. The van der Waals surface area contributed by atoms with Crippen LogP contribution in [0.1, 0.15) is 21.7 Å². The Balaban J connectivity index is 1.92. The van der Waals surface area contributed by atoms with E-state index in [0.29, 0.717) is 24.4 Å². The van der Waals surface area contributed by atoms with E-state index in [1.54, 1.807) is 11.0 Å². The molecule has 1 aliphatic rings. The second-order valence-corrected chi connectivity index (χ2v) is 6.39. The second kappa shape index (κ2) is 5.11. The molecule has 1 aromatic heterocycles. The maximum absolute atomic E-state index is 13.3. The number of benzene rings is 1. The number of carbonyl (C=O) groups excluding carboxylic acids is 2. The monoisotopic (exact) mass is 306 g/mol. The molecule has 2 amide bonds. The molecule has 1 aromatic carbocycles. The van der Waals surface area contributed by atoms with Crippen LogP contribution in [0.4, 0.5) is 4.39 Å². The number of aryl methyl sites for hydroxylation is 1. The number of halogens is 1. The fraction of sp³-hybridized carbons (Fsp3) is 0.333. The zero-order valence-corrected chi connectivity index (χ0v) is 12.4. The molecule has 2 aromatic rings. The van der Waals surface area contributed by atoms with Crippen molar-refractivity contribution in [2.75, 3.05) is 13.1 Å². The largest absolute Gasteiger partial charge is 0.369 e. The molecule has 2 heterocycles. The minimum absolute atomic E-state index is 0.0992. The number of thiophene rings is 1. The van der Waals surface area contributed by atoms with Gasteiger partial charge in [0.25, 0.3) is 5.91 Å². The van der Waals surface area contributed by atoms with Crippen LogP contribution >= 0.6 is 11.3 Å². The van der Waals surface area contributed by atoms with Crippen molar-refractivity contribution in [2.24, 2.45) is 11.7 Å². The molecule has 2 N–H and O–H groups in total. The number of carbonyl (C=O) groups is 2. The summed E-state index contributed by atoms with van der Waals surface area (Å²) in [6.45, 7) is 2.73. The molecule has 3 rings (SSSR count). The summed E-state index contributed by atoms with van der Waals surface area (Å²) in [5, 5.41) is 0.772. The average molecular weight is 306 g/mol. The van der Waals surface area contributed by atoms with E-state index in [9.17, 15) is 14.0 Å². The van der Waals surface area contributed by atoms with Gasteiger partial charge >= 0.3 is 0 Å². The first-order chi connectivity index (χ1) is 9.97. The lowest BCUT2D eigenvalue weighted by Gasteiger charge is -2.15. The van der Waals surface area contributed by atoms with Crippen LogP contribution in [0.2, 0.25) is 0 Å². The second-order valence-electron chi connectivity index (χ2n) is 5.34. The molecule has 6 heteroatoms. The van der Waals surface area contributed by atoms with Gasteiger partial charge in [0, 0.05) is 17.8 Å². The van der Waals surface area contributed by atoms with E-state index < -0.39 is 0 Å². The van der Waals surface area contributed by atoms with Crippen LogP contribution in [-0.4, -0.2) is 29.8 Å². The number of amides is 2. The molecule has 21 heavy (non-hydrogen) atoms. The first-order valence-electron chi connectivity index (χ1n) is 6.74. The predicted octanol–water partition coefficient (Wildman–Crippen LogP) is 2.30. The third-order valence-corrected chi connectivity index (χ3v) is 5.23. The van der Waals surface area contributed by atoms with Crippen molar-refractivity contribution in [1.82, 2.24) is 4.90 Å². The Hall–Kier alpha value is -1.95. The van der Waals surface area contributed by atoms with Crippen LogP contribution in [0, 0.1) is 18.7 Å². The zero-order chi connectivity index (χ0) is 15.1. The van der Waals surface area contributed by atoms with Crippen molar-refractivity contribution in [3.8, 4) is 0 Å². The predicted molar refractivity (Wildman–Crippen MR) is 79.7 cm³/mol. The Labute approximate surface area is 125 Å². The van der Waals surface area contributed by atoms with Crippen LogP contribution in [-0.2, 0) is 4.79 Å². The number of fused-ring (bicyclic) bond motifs is 1. The molecule has 0 unspecified atom stereocenters. The summed E-state index contributed by atoms with van der Waals surface area (Å²) in [6.07, 6.45) is 0.611. The van der Waals surface area contributed by atoms with E-state index in [0.717, 1.165) is 15.6 Å². The Morgan fingerprint density at radius 2 is 2.19 bits per heavy atom. The summed E-state index contributed by atoms with van der Waals surface area (Å²) in [5.74, 6) is -1.03. The van der Waals surface area contributed by atoms with Crippen LogP contribution in [0.3, 0.4) is 0 Å². The molecule has 1 saturated heterocycles. The van der Waals surface area contributed by atoms with Gasteiger partial charge in [-0.2, -0.15) is 0 Å². The van der Waals surface area contributed by atoms with Crippen LogP contribution in [0.15, 0.2) is 18.2 Å². The van der Waals surface area contributed by atoms with Crippen LogP contribution in [0.25, 0.3) is 10.1 Å². The fourth-order valence-corrected chi connectivity index (χ4v) is 3.88. The number of likely N-dealkylation sites (tertiary alicyclic amines) is 1. The molecule has 0 bridgehead atoms. The molecular weight excluding hydrogens is 291 g/mol. The molecule has 1 fully saturated rings. The Morgan fingerprint density at radius 1 is 1.43 bits per heavy atom. The Morgan fingerprint density at radius 3 is 2.86 bits per heavy atom. The van der Waals surface area contributed by atoms with Gasteiger partial charge in [-0.15, -0.1) is 11.3 Å². The van der Waals surface area contributed by atoms with E-state index in [4.69, 9.17) is 5.73 Å². The number of hydrogen-bond acceptors (Lipinski definition) is 3. The van der Waals surface area contributed by atoms with Crippen molar-refractivity contribution in [3.63, 3.8) is 0 Å². The van der Waals surface area contributed by atoms with Crippen molar-refractivity contribution in [1.29, 1.82) is 0 Å². The highest BCUT2D eigenvalue weighted by molar-refractivity contribution is 7.21. The lowest BCUT2D eigenvalue weighted by atomic mass is 10.1. The van der Waals surface area contributed by atoms with Gasteiger partial charge in [-0.3, -0.25) is 9.59 Å². The summed E-state index contributed by atoms with van der Waals surface area (Å²) in [4.78, 5) is 26.0. The van der Waals surface area contributed by atoms with Gasteiger partial charge in [-0.25, -0.2) is 4.39 Å². The highest BCUT2D eigenvalue weighted by Gasteiger charge is 2.31. The molecular formula is C15H15FN2O2S. The topological polar surface area (TPSA) is 63.4 Å². The van der Waals surface area contributed by atoms with E-state index in [-0.39, 0.29) is 23.5 Å². The zero-order valence-electron chi connectivity index (χ0n) is 11.6. The van der Waals surface area contributed by atoms with Gasteiger partial charge in [0.15, 0.2) is 0 Å². The van der Waals surface area contributed by atoms with Gasteiger partial charge in [0.1, 0.15) is 5.82 Å². The summed E-state index contributed by atoms with van der Waals surface area (Å²) in [7, 11) is 0. The lowest BCUT2D eigenvalue weighted by molar-refractivity contribution is -0.121. The van der Waals surface area contributed by atoms with Crippen molar-refractivity contribution >= 4 is 33.2 Å². The third kappa shape index (κ3) is 2.40. The SMILES string of the molecule is Cc1c(C(=O)N2CC[C@@H](C(N)=O)C2)sc2ccc(F)cc12. The fourth-order valence-electron chi connectivity index (χ4n) is 2.72. The van der Waals surface area contributed by atoms with Gasteiger partial charge in [-0.1, -0.05) is 0 Å². The van der Waals surface area contributed by atoms with Crippen molar-refractivity contribution in [3.05, 3.63) is 34.5 Å². The van der Waals surface area contributed by atoms with Gasteiger partial charge < -0.3 is 10.6 Å². The standard InChI is InChI=1S/C15H15FN2O2S/c1-8-11-6-10(16)2-3-12(11)21-13(8)15(20)18-5-4-9(7-18)14(17)19/h2-3,6,9H,4-5,7H2,1H3,(H2,17,19)/t9-/m1/s1. The number of nitrogens with zero attached hydrogens (tertiary/aromatic N) is 1. The molecule has 4 nitrogen and oxygen atoms in total. The maximum atomic E-state index is 13.3. The molecule has 0 saturated carbocycles. The molecule has 1 aliphatic heterocycles. The number of hydrogen-bond donors (Lipinski definition) is 1. The molecule has 0 radical (unpaired) electrons. The average Bonchev–Trinajstić information content (AvgIpc) is 3.04. The summed E-state index contributed by atoms with van der Waals surface area (Å²) < 4.78 is 14.2. The minimum Gasteiger partial charge on any atom is -0.369 e. The van der Waals surface area contributed by atoms with Gasteiger partial charge in [0.2, 0.25) is 5.91 Å². The number of nitrogens with two attached hydrogens (primary N) is 1. The summed E-state index contributed by atoms with van der Waals surface area (Å²) >= 11 is 1.36. The maximum Gasteiger partial charge on any atom is 0.264 e. The van der Waals surface area contributed by atoms with E-state index in [2.05, 4.69) is 0 Å². The molecule has 0 aliphatic carbocycles. The number of rotatable bonds is 2. The van der Waals surface area contributed by atoms with Gasteiger partial charge in [0.05, 0.1) is 10.8 Å². The van der Waals surface area contributed by atoms with E-state index in [1.165, 1.54) is 23.5 Å². The molecule has 0 spiro atoms. The molecule has 1 atom stereocenters. The summed E-state index contributed by atoms with van der Waals surface area (Å²) in [6, 6.07) is 4.54. The lowest BCUT2D eigenvalue weighted by Crippen LogP contribution is -2.31. The Kier molecular flexibility index (Phi) is 3.41. The summed E-state index contributed by atoms with van der Waals surface area (Å²) in [5.41, 5.74) is 6.08. The quantitative estimate of drug-likeness (QED) is 0.925. The van der Waals surface area contributed by atoms with Crippen molar-refractivity contribution in [2.45, 2.75) is 13.3 Å². The highest BCUT2D eigenvalue weighted by Crippen LogP contribution is 2.33. The smallest absolute Gasteiger partial charge is 0.264 e. The molecule has 110 valence electrons. The van der Waals surface area contributed by atoms with Crippen LogP contribution in [0.5, 0.6) is 0 Å². The minimum atomic E-state index is -0.361. The van der Waals surface area contributed by atoms with E-state index >= 15 is 0 Å². The van der Waals surface area contributed by atoms with Gasteiger partial charge in [-0.05, 0) is 42.5 Å². The number of primary amides is 1. The third-order valence-electron chi connectivity index (χ3n) is 3.97. The Bertz CT molecular complexity index is 741. The van der Waals surface area contributed by atoms with E-state index in [1.807, 2.05) is 6.92 Å². The van der Waals surface area contributed by atoms with Crippen LogP contribution < -0.4 is 5.73 Å². The van der Waals surface area contributed by atoms with Crippen molar-refractivity contribution < 1.29 is 14.0 Å². The first kappa shape index (κ1) is 14.0.